The SMILES string of the molecule is COc1ccc(N2CCN(CCc3c[nH]c4ccc(NC(=O)c5cc(C(F)(F)F)cc(C(F)(F)F)c5)cc34)CC2)cc1. The normalized spacial score (nSPS) is 14.8. The molecule has 6 nitrogen and oxygen atoms in total. The number of H-pyrrole nitrogens is 1. The van der Waals surface area contributed by atoms with Crippen LogP contribution in [0.5, 0.6) is 5.75 Å². The fourth-order valence-electron chi connectivity index (χ4n) is 5.05. The molecule has 0 bridgehead atoms. The molecule has 3 aromatic carbocycles. The largest absolute Gasteiger partial charge is 0.497 e. The van der Waals surface area contributed by atoms with Crippen LogP contribution in [0.4, 0.5) is 37.7 Å². The Morgan fingerprint density at radius 3 is 2.12 bits per heavy atom. The smallest absolute Gasteiger partial charge is 0.416 e. The van der Waals surface area contributed by atoms with E-state index in [1.54, 1.807) is 19.2 Å². The number of alkyl halides is 6. The number of carbonyl (C=O) groups is 1. The van der Waals surface area contributed by atoms with E-state index in [4.69, 9.17) is 4.74 Å². The zero-order chi connectivity index (χ0) is 30.1. The van der Waals surface area contributed by atoms with E-state index in [-0.39, 0.29) is 11.8 Å². The monoisotopic (exact) mass is 590 g/mol. The van der Waals surface area contributed by atoms with Crippen molar-refractivity contribution in [3.63, 3.8) is 0 Å². The standard InChI is InChI=1S/C30H28F6N4O2/c1-42-25-5-3-24(4-6-25)40-12-10-39(11-13-40)9-8-19-18-37-27-7-2-23(17-26(19)27)38-28(41)20-14-21(29(31,32)33)16-22(15-20)30(34,35)36/h2-7,14-18,37H,8-13H2,1H3,(H,38,41). The zero-order valence-corrected chi connectivity index (χ0v) is 22.6. The second-order valence-electron chi connectivity index (χ2n) is 10.1. The summed E-state index contributed by atoms with van der Waals surface area (Å²) < 4.78 is 84.6. The molecule has 4 aromatic rings. The molecule has 0 radical (unpaired) electrons. The van der Waals surface area contributed by atoms with Crippen molar-refractivity contribution in [1.82, 2.24) is 9.88 Å². The van der Waals surface area contributed by atoms with E-state index in [0.717, 1.165) is 60.6 Å². The van der Waals surface area contributed by atoms with Gasteiger partial charge in [-0.15, -0.1) is 0 Å². The Bertz CT molecular complexity index is 1520. The van der Waals surface area contributed by atoms with E-state index in [1.807, 2.05) is 30.5 Å². The lowest BCUT2D eigenvalue weighted by Crippen LogP contribution is -2.46. The van der Waals surface area contributed by atoms with Gasteiger partial charge in [0, 0.05) is 66.8 Å². The number of hydrogen-bond donors (Lipinski definition) is 2. The second kappa shape index (κ2) is 11.6. The first-order valence-corrected chi connectivity index (χ1v) is 13.2. The highest BCUT2D eigenvalue weighted by atomic mass is 19.4. The second-order valence-corrected chi connectivity index (χ2v) is 10.1. The van der Waals surface area contributed by atoms with Crippen LogP contribution in [0.25, 0.3) is 10.9 Å². The zero-order valence-electron chi connectivity index (χ0n) is 22.6. The summed E-state index contributed by atoms with van der Waals surface area (Å²) in [7, 11) is 1.63. The summed E-state index contributed by atoms with van der Waals surface area (Å²) in [6.07, 6.45) is -7.51. The van der Waals surface area contributed by atoms with Crippen molar-refractivity contribution in [1.29, 1.82) is 0 Å². The summed E-state index contributed by atoms with van der Waals surface area (Å²) in [4.78, 5) is 20.6. The first kappa shape index (κ1) is 29.3. The van der Waals surface area contributed by atoms with E-state index < -0.39 is 35.0 Å². The fourth-order valence-corrected chi connectivity index (χ4v) is 5.05. The summed E-state index contributed by atoms with van der Waals surface area (Å²) in [6.45, 7) is 4.31. The number of methoxy groups -OCH3 is 1. The summed E-state index contributed by atoms with van der Waals surface area (Å²) >= 11 is 0. The maximum atomic E-state index is 13.2. The molecule has 0 spiro atoms. The highest BCUT2D eigenvalue weighted by Gasteiger charge is 2.37. The molecule has 0 aliphatic carbocycles. The Kier molecular flexibility index (Phi) is 8.09. The van der Waals surface area contributed by atoms with Crippen molar-refractivity contribution >= 4 is 28.2 Å². The third-order valence-electron chi connectivity index (χ3n) is 7.38. The number of piperazine rings is 1. The molecule has 5 rings (SSSR count). The van der Waals surface area contributed by atoms with Crippen LogP contribution < -0.4 is 15.0 Å². The van der Waals surface area contributed by atoms with Crippen LogP contribution in [0, 0.1) is 0 Å². The van der Waals surface area contributed by atoms with Gasteiger partial charge in [0.15, 0.2) is 0 Å². The van der Waals surface area contributed by atoms with Crippen LogP contribution in [-0.4, -0.2) is 55.6 Å². The minimum Gasteiger partial charge on any atom is -0.497 e. The van der Waals surface area contributed by atoms with Crippen molar-refractivity contribution < 1.29 is 35.9 Å². The average molecular weight is 591 g/mol. The van der Waals surface area contributed by atoms with Gasteiger partial charge in [-0.2, -0.15) is 26.3 Å². The summed E-state index contributed by atoms with van der Waals surface area (Å²) in [6, 6.07) is 13.7. The Balaban J connectivity index is 1.24. The number of nitrogens with one attached hydrogen (secondary N) is 2. The van der Waals surface area contributed by atoms with Gasteiger partial charge in [-0.25, -0.2) is 0 Å². The van der Waals surface area contributed by atoms with E-state index in [2.05, 4.69) is 20.1 Å². The van der Waals surface area contributed by atoms with E-state index in [9.17, 15) is 31.1 Å². The van der Waals surface area contributed by atoms with Crippen molar-refractivity contribution in [3.05, 3.63) is 89.1 Å². The van der Waals surface area contributed by atoms with E-state index in [0.29, 0.717) is 18.6 Å². The highest BCUT2D eigenvalue weighted by Crippen LogP contribution is 2.36. The molecule has 1 aliphatic rings. The van der Waals surface area contributed by atoms with Gasteiger partial charge >= 0.3 is 12.4 Å². The van der Waals surface area contributed by atoms with Gasteiger partial charge in [0.1, 0.15) is 5.75 Å². The van der Waals surface area contributed by atoms with Crippen LogP contribution in [0.2, 0.25) is 0 Å². The molecule has 1 amide bonds. The molecule has 2 heterocycles. The van der Waals surface area contributed by atoms with Crippen molar-refractivity contribution in [2.45, 2.75) is 18.8 Å². The number of benzene rings is 3. The van der Waals surface area contributed by atoms with E-state index >= 15 is 0 Å². The third kappa shape index (κ3) is 6.64. The maximum absolute atomic E-state index is 13.2. The maximum Gasteiger partial charge on any atom is 0.416 e. The Morgan fingerprint density at radius 1 is 0.881 bits per heavy atom. The summed E-state index contributed by atoms with van der Waals surface area (Å²) in [5.41, 5.74) is -0.650. The molecule has 222 valence electrons. The minimum atomic E-state index is -5.04. The Morgan fingerprint density at radius 2 is 1.52 bits per heavy atom. The molecule has 42 heavy (non-hydrogen) atoms. The number of ether oxygens (including phenoxy) is 1. The molecule has 1 aliphatic heterocycles. The van der Waals surface area contributed by atoms with Crippen LogP contribution >= 0.6 is 0 Å². The number of carbonyl (C=O) groups excluding carboxylic acids is 1. The highest BCUT2D eigenvalue weighted by molar-refractivity contribution is 6.05. The Labute approximate surface area is 237 Å². The molecular formula is C30H28F6N4O2. The molecule has 0 saturated carbocycles. The predicted molar refractivity (Wildman–Crippen MR) is 148 cm³/mol. The number of rotatable bonds is 7. The molecule has 12 heteroatoms. The predicted octanol–water partition coefficient (Wildman–Crippen LogP) is 6.83. The van der Waals surface area contributed by atoms with E-state index in [1.165, 1.54) is 6.07 Å². The summed E-state index contributed by atoms with van der Waals surface area (Å²) in [5, 5.41) is 3.26. The number of aromatic nitrogens is 1. The van der Waals surface area contributed by atoms with Crippen LogP contribution in [0.15, 0.2) is 66.9 Å². The quantitative estimate of drug-likeness (QED) is 0.232. The number of nitrogens with zero attached hydrogens (tertiary/aromatic N) is 2. The number of hydrogen-bond acceptors (Lipinski definition) is 4. The first-order chi connectivity index (χ1) is 19.9. The topological polar surface area (TPSA) is 60.6 Å². The number of aromatic amines is 1. The molecule has 1 fully saturated rings. The molecule has 0 unspecified atom stereocenters. The number of fused-ring (bicyclic) bond motifs is 1. The lowest BCUT2D eigenvalue weighted by atomic mass is 10.0. The molecule has 1 aromatic heterocycles. The average Bonchev–Trinajstić information content (AvgIpc) is 3.37. The lowest BCUT2D eigenvalue weighted by Gasteiger charge is -2.36. The van der Waals surface area contributed by atoms with Gasteiger partial charge in [-0.1, -0.05) is 0 Å². The fraction of sp³-hybridized carbons (Fsp3) is 0.300. The number of anilines is 2. The van der Waals surface area contributed by atoms with Gasteiger partial charge in [-0.05, 0) is 72.6 Å². The minimum absolute atomic E-state index is 0.00609. The van der Waals surface area contributed by atoms with Crippen molar-refractivity contribution in [3.8, 4) is 5.75 Å². The van der Waals surface area contributed by atoms with Gasteiger partial charge in [0.05, 0.1) is 18.2 Å². The van der Waals surface area contributed by atoms with Crippen LogP contribution in [0.3, 0.4) is 0 Å². The van der Waals surface area contributed by atoms with Crippen molar-refractivity contribution in [2.24, 2.45) is 0 Å². The van der Waals surface area contributed by atoms with Gasteiger partial charge < -0.3 is 19.9 Å². The van der Waals surface area contributed by atoms with Gasteiger partial charge in [0.25, 0.3) is 5.91 Å². The van der Waals surface area contributed by atoms with Crippen molar-refractivity contribution in [2.75, 3.05) is 50.1 Å². The molecule has 2 N–H and O–H groups in total. The van der Waals surface area contributed by atoms with Crippen LogP contribution in [0.1, 0.15) is 27.0 Å². The molecule has 1 saturated heterocycles. The molecule has 0 atom stereocenters. The first-order valence-electron chi connectivity index (χ1n) is 13.2. The van der Waals surface area contributed by atoms with Crippen LogP contribution in [-0.2, 0) is 18.8 Å². The van der Waals surface area contributed by atoms with Gasteiger partial charge in [0.2, 0.25) is 0 Å². The lowest BCUT2D eigenvalue weighted by molar-refractivity contribution is -0.143. The molecular weight excluding hydrogens is 562 g/mol. The third-order valence-corrected chi connectivity index (χ3v) is 7.38. The Hall–Kier alpha value is -4.19. The van der Waals surface area contributed by atoms with Gasteiger partial charge in [-0.3, -0.25) is 9.69 Å². The summed E-state index contributed by atoms with van der Waals surface area (Å²) in [5.74, 6) is -0.261. The number of halogens is 6. The number of amides is 1.